The Morgan fingerprint density at radius 2 is 1.93 bits per heavy atom. The van der Waals surface area contributed by atoms with Crippen molar-refractivity contribution in [1.29, 1.82) is 0 Å². The number of carboxylic acid groups (broad SMARTS) is 1. The van der Waals surface area contributed by atoms with Crippen molar-refractivity contribution in [3.8, 4) is 0 Å². The zero-order valence-corrected chi connectivity index (χ0v) is 8.26. The van der Waals surface area contributed by atoms with Gasteiger partial charge in [-0.1, -0.05) is 30.3 Å². The Balaban J connectivity index is 1.89. The summed E-state index contributed by atoms with van der Waals surface area (Å²) in [4.78, 5) is 12.5. The first-order chi connectivity index (χ1) is 7.10. The highest BCUT2D eigenvalue weighted by Crippen LogP contribution is 2.22. The van der Waals surface area contributed by atoms with Crippen LogP contribution in [0.25, 0.3) is 0 Å². The van der Waals surface area contributed by atoms with Crippen LogP contribution < -0.4 is 0 Å². The first kappa shape index (κ1) is 10.1. The SMILES string of the molecule is O=C(O)C1(O)CN(Cc2ccccc2)C1. The Hall–Kier alpha value is -1.39. The first-order valence-corrected chi connectivity index (χ1v) is 4.82. The molecule has 1 fully saturated rings. The molecule has 0 amide bonds. The number of hydrogen-bond donors (Lipinski definition) is 2. The molecule has 0 aromatic heterocycles. The van der Waals surface area contributed by atoms with Gasteiger partial charge in [0.1, 0.15) is 0 Å². The normalized spacial score (nSPS) is 19.5. The van der Waals surface area contributed by atoms with Crippen molar-refractivity contribution in [3.63, 3.8) is 0 Å². The second kappa shape index (κ2) is 3.64. The van der Waals surface area contributed by atoms with Crippen LogP contribution in [0.4, 0.5) is 0 Å². The summed E-state index contributed by atoms with van der Waals surface area (Å²) in [6.07, 6.45) is 0. The van der Waals surface area contributed by atoms with E-state index in [0.29, 0.717) is 6.54 Å². The maximum Gasteiger partial charge on any atom is 0.338 e. The van der Waals surface area contributed by atoms with Crippen molar-refractivity contribution in [2.45, 2.75) is 12.1 Å². The Morgan fingerprint density at radius 1 is 1.33 bits per heavy atom. The van der Waals surface area contributed by atoms with Crippen molar-refractivity contribution in [3.05, 3.63) is 35.9 Å². The molecule has 1 heterocycles. The van der Waals surface area contributed by atoms with Crippen LogP contribution in [0.2, 0.25) is 0 Å². The molecule has 15 heavy (non-hydrogen) atoms. The molecule has 0 saturated carbocycles. The summed E-state index contributed by atoms with van der Waals surface area (Å²) in [6.45, 7) is 1.10. The van der Waals surface area contributed by atoms with Crippen molar-refractivity contribution in [2.24, 2.45) is 0 Å². The molecule has 0 aliphatic carbocycles. The average molecular weight is 207 g/mol. The van der Waals surface area contributed by atoms with Crippen molar-refractivity contribution >= 4 is 5.97 Å². The summed E-state index contributed by atoms with van der Waals surface area (Å²) in [5.41, 5.74) is -0.403. The number of β-amino-alcohol motifs (C(OH)–C–C–N with tert-alkyl or cyclic N) is 1. The molecular weight excluding hydrogens is 194 g/mol. The van der Waals surface area contributed by atoms with Gasteiger partial charge >= 0.3 is 5.97 Å². The zero-order valence-electron chi connectivity index (χ0n) is 8.26. The van der Waals surface area contributed by atoms with Crippen molar-refractivity contribution in [2.75, 3.05) is 13.1 Å². The number of nitrogens with zero attached hydrogens (tertiary/aromatic N) is 1. The number of carboxylic acids is 1. The van der Waals surface area contributed by atoms with Crippen LogP contribution in [0.1, 0.15) is 5.56 Å². The highest BCUT2D eigenvalue weighted by Gasteiger charge is 2.47. The summed E-state index contributed by atoms with van der Waals surface area (Å²) in [7, 11) is 0. The minimum absolute atomic E-state index is 0.206. The third-order valence-corrected chi connectivity index (χ3v) is 2.62. The minimum Gasteiger partial charge on any atom is -0.479 e. The maximum atomic E-state index is 10.6. The minimum atomic E-state index is -1.53. The Morgan fingerprint density at radius 3 is 2.47 bits per heavy atom. The van der Waals surface area contributed by atoms with Gasteiger partial charge < -0.3 is 10.2 Å². The van der Waals surface area contributed by atoms with E-state index in [1.165, 1.54) is 0 Å². The number of benzene rings is 1. The topological polar surface area (TPSA) is 60.8 Å². The third-order valence-electron chi connectivity index (χ3n) is 2.62. The molecule has 4 nitrogen and oxygen atoms in total. The van der Waals surface area contributed by atoms with Gasteiger partial charge in [-0.3, -0.25) is 4.90 Å². The van der Waals surface area contributed by atoms with Gasteiger partial charge in [-0.25, -0.2) is 4.79 Å². The lowest BCUT2D eigenvalue weighted by molar-refractivity contribution is -0.178. The van der Waals surface area contributed by atoms with Crippen LogP contribution >= 0.6 is 0 Å². The van der Waals surface area contributed by atoms with Gasteiger partial charge in [0.25, 0.3) is 0 Å². The number of aliphatic carboxylic acids is 1. The van der Waals surface area contributed by atoms with E-state index in [1.54, 1.807) is 0 Å². The van der Waals surface area contributed by atoms with E-state index in [4.69, 9.17) is 5.11 Å². The molecule has 0 unspecified atom stereocenters. The number of hydrogen-bond acceptors (Lipinski definition) is 3. The highest BCUT2D eigenvalue weighted by molar-refractivity contribution is 5.79. The van der Waals surface area contributed by atoms with E-state index >= 15 is 0 Å². The molecule has 1 saturated heterocycles. The van der Waals surface area contributed by atoms with Crippen LogP contribution in [-0.2, 0) is 11.3 Å². The molecule has 0 radical (unpaired) electrons. The number of aliphatic hydroxyl groups is 1. The van der Waals surface area contributed by atoms with Gasteiger partial charge in [0.15, 0.2) is 5.60 Å². The lowest BCUT2D eigenvalue weighted by Crippen LogP contribution is -2.65. The largest absolute Gasteiger partial charge is 0.479 e. The number of rotatable bonds is 3. The predicted octanol–water partition coefficient (Wildman–Crippen LogP) is 0.318. The van der Waals surface area contributed by atoms with Crippen LogP contribution in [0.15, 0.2) is 30.3 Å². The number of likely N-dealkylation sites (tertiary alicyclic amines) is 1. The van der Waals surface area contributed by atoms with E-state index in [-0.39, 0.29) is 13.1 Å². The first-order valence-electron chi connectivity index (χ1n) is 4.82. The second-order valence-electron chi connectivity index (χ2n) is 3.97. The molecule has 0 atom stereocenters. The summed E-state index contributed by atoms with van der Waals surface area (Å²) >= 11 is 0. The van der Waals surface area contributed by atoms with E-state index in [9.17, 15) is 9.90 Å². The van der Waals surface area contributed by atoms with Crippen LogP contribution in [0, 0.1) is 0 Å². The molecule has 1 aromatic rings. The van der Waals surface area contributed by atoms with Crippen LogP contribution in [0.5, 0.6) is 0 Å². The molecule has 2 rings (SSSR count). The highest BCUT2D eigenvalue weighted by atomic mass is 16.4. The third kappa shape index (κ3) is 2.00. The number of carbonyl (C=O) groups is 1. The molecule has 1 aliphatic rings. The van der Waals surface area contributed by atoms with Gasteiger partial charge in [-0.15, -0.1) is 0 Å². The molecule has 1 aliphatic heterocycles. The summed E-state index contributed by atoms with van der Waals surface area (Å²) < 4.78 is 0. The monoisotopic (exact) mass is 207 g/mol. The maximum absolute atomic E-state index is 10.6. The molecule has 1 aromatic carbocycles. The average Bonchev–Trinajstić information content (AvgIpc) is 2.16. The van der Waals surface area contributed by atoms with E-state index in [0.717, 1.165) is 5.56 Å². The fourth-order valence-electron chi connectivity index (χ4n) is 1.78. The molecule has 4 heteroatoms. The predicted molar refractivity (Wildman–Crippen MR) is 54.3 cm³/mol. The summed E-state index contributed by atoms with van der Waals surface area (Å²) in [6, 6.07) is 9.79. The quantitative estimate of drug-likeness (QED) is 0.749. The lowest BCUT2D eigenvalue weighted by Gasteiger charge is -2.43. The molecular formula is C11H13NO3. The molecule has 0 bridgehead atoms. The Kier molecular flexibility index (Phi) is 2.46. The smallest absolute Gasteiger partial charge is 0.338 e. The summed E-state index contributed by atoms with van der Waals surface area (Å²) in [5, 5.41) is 18.2. The molecule has 2 N–H and O–H groups in total. The Labute approximate surface area is 87.8 Å². The fourth-order valence-corrected chi connectivity index (χ4v) is 1.78. The second-order valence-corrected chi connectivity index (χ2v) is 3.97. The van der Waals surface area contributed by atoms with E-state index in [1.807, 2.05) is 35.2 Å². The van der Waals surface area contributed by atoms with Gasteiger partial charge in [-0.05, 0) is 5.56 Å². The fraction of sp³-hybridized carbons (Fsp3) is 0.364. The van der Waals surface area contributed by atoms with Crippen LogP contribution in [-0.4, -0.2) is 39.8 Å². The van der Waals surface area contributed by atoms with Gasteiger partial charge in [0.05, 0.1) is 0 Å². The van der Waals surface area contributed by atoms with Crippen molar-refractivity contribution in [1.82, 2.24) is 4.90 Å². The zero-order chi connectivity index (χ0) is 10.9. The summed E-state index contributed by atoms with van der Waals surface area (Å²) in [5.74, 6) is -1.13. The lowest BCUT2D eigenvalue weighted by atomic mass is 9.94. The van der Waals surface area contributed by atoms with Crippen LogP contribution in [0.3, 0.4) is 0 Å². The van der Waals surface area contributed by atoms with Gasteiger partial charge in [0, 0.05) is 19.6 Å². The van der Waals surface area contributed by atoms with Gasteiger partial charge in [0.2, 0.25) is 0 Å². The van der Waals surface area contributed by atoms with Crippen molar-refractivity contribution < 1.29 is 15.0 Å². The van der Waals surface area contributed by atoms with E-state index in [2.05, 4.69) is 0 Å². The molecule has 80 valence electrons. The standard InChI is InChI=1S/C11H13NO3/c13-10(14)11(15)7-12(8-11)6-9-4-2-1-3-5-9/h1-5,15H,6-8H2,(H,13,14). The van der Waals surface area contributed by atoms with Gasteiger partial charge in [-0.2, -0.15) is 0 Å². The Bertz CT molecular complexity index is 357. The molecule has 0 spiro atoms. The van der Waals surface area contributed by atoms with E-state index < -0.39 is 11.6 Å².